The van der Waals surface area contributed by atoms with Crippen molar-refractivity contribution in [1.82, 2.24) is 9.55 Å². The maximum Gasteiger partial charge on any atom is 0.106 e. The van der Waals surface area contributed by atoms with Crippen LogP contribution in [0, 0.1) is 6.92 Å². The first-order valence-electron chi connectivity index (χ1n) is 5.44. The predicted octanol–water partition coefficient (Wildman–Crippen LogP) is 2.86. The van der Waals surface area contributed by atoms with Crippen molar-refractivity contribution < 1.29 is 0 Å². The molecular weight excluding hydrogens is 240 g/mol. The fourth-order valence-electron chi connectivity index (χ4n) is 2.25. The van der Waals surface area contributed by atoms with Crippen LogP contribution in [0.25, 0.3) is 0 Å². The van der Waals surface area contributed by atoms with Crippen LogP contribution in [0.4, 0.5) is 0 Å². The summed E-state index contributed by atoms with van der Waals surface area (Å²) in [5.74, 6) is 1.21. The molecule has 1 aromatic heterocycles. The molecule has 3 heteroatoms. The zero-order valence-corrected chi connectivity index (χ0v) is 10.3. The lowest BCUT2D eigenvalue weighted by molar-refractivity contribution is 0.591. The molecular formula is C11H17BrN2. The first kappa shape index (κ1) is 10.2. The van der Waals surface area contributed by atoms with Gasteiger partial charge in [0, 0.05) is 17.6 Å². The summed E-state index contributed by atoms with van der Waals surface area (Å²) in [4.78, 5) is 4.65. The zero-order valence-electron chi connectivity index (χ0n) is 8.72. The highest BCUT2D eigenvalue weighted by molar-refractivity contribution is 9.09. The summed E-state index contributed by atoms with van der Waals surface area (Å²) < 4.78 is 2.41. The topological polar surface area (TPSA) is 17.8 Å². The maximum absolute atomic E-state index is 4.65. The van der Waals surface area contributed by atoms with Crippen LogP contribution in [0.3, 0.4) is 0 Å². The smallest absolute Gasteiger partial charge is 0.106 e. The minimum atomic E-state index is 1.08. The molecule has 0 bridgehead atoms. The molecule has 0 atom stereocenters. The van der Waals surface area contributed by atoms with E-state index in [0.29, 0.717) is 0 Å². The summed E-state index contributed by atoms with van der Waals surface area (Å²) in [6.45, 7) is 3.26. The van der Waals surface area contributed by atoms with Crippen molar-refractivity contribution in [3.05, 3.63) is 17.2 Å². The lowest BCUT2D eigenvalue weighted by Crippen LogP contribution is -2.09. The van der Waals surface area contributed by atoms with E-state index in [1.54, 1.807) is 0 Å². The number of aryl methyl sites for hydroxylation is 2. The van der Waals surface area contributed by atoms with E-state index in [1.807, 2.05) is 0 Å². The van der Waals surface area contributed by atoms with Crippen molar-refractivity contribution in [3.8, 4) is 0 Å². The SMILES string of the molecule is Cc1nc2c(n1CCCBr)CCCC2. The summed E-state index contributed by atoms with van der Waals surface area (Å²) >= 11 is 3.48. The molecule has 2 rings (SSSR count). The van der Waals surface area contributed by atoms with Crippen molar-refractivity contribution in [2.24, 2.45) is 0 Å². The van der Waals surface area contributed by atoms with Gasteiger partial charge in [-0.1, -0.05) is 15.9 Å². The summed E-state index contributed by atoms with van der Waals surface area (Å²) in [6.07, 6.45) is 6.29. The number of fused-ring (bicyclic) bond motifs is 1. The zero-order chi connectivity index (χ0) is 9.97. The second kappa shape index (κ2) is 4.47. The van der Waals surface area contributed by atoms with Crippen molar-refractivity contribution in [3.63, 3.8) is 0 Å². The fourth-order valence-corrected chi connectivity index (χ4v) is 2.50. The van der Waals surface area contributed by atoms with Crippen LogP contribution in [-0.2, 0) is 19.4 Å². The van der Waals surface area contributed by atoms with E-state index in [1.165, 1.54) is 49.3 Å². The molecule has 0 amide bonds. The highest BCUT2D eigenvalue weighted by Crippen LogP contribution is 2.22. The molecule has 0 N–H and O–H groups in total. The van der Waals surface area contributed by atoms with Crippen molar-refractivity contribution in [1.29, 1.82) is 0 Å². The normalized spacial score (nSPS) is 15.6. The number of hydrogen-bond donors (Lipinski definition) is 0. The number of aromatic nitrogens is 2. The van der Waals surface area contributed by atoms with Crippen LogP contribution in [-0.4, -0.2) is 14.9 Å². The molecule has 2 nitrogen and oxygen atoms in total. The number of imidazole rings is 1. The van der Waals surface area contributed by atoms with E-state index < -0.39 is 0 Å². The standard InChI is InChI=1S/C11H17BrN2/c1-9-13-10-5-2-3-6-11(10)14(9)8-4-7-12/h2-8H2,1H3. The highest BCUT2D eigenvalue weighted by Gasteiger charge is 2.17. The van der Waals surface area contributed by atoms with Gasteiger partial charge in [-0.15, -0.1) is 0 Å². The van der Waals surface area contributed by atoms with Crippen LogP contribution in [0.2, 0.25) is 0 Å². The first-order chi connectivity index (χ1) is 6.83. The second-order valence-corrected chi connectivity index (χ2v) is 4.75. The maximum atomic E-state index is 4.65. The highest BCUT2D eigenvalue weighted by atomic mass is 79.9. The van der Waals surface area contributed by atoms with Gasteiger partial charge in [0.15, 0.2) is 0 Å². The third-order valence-electron chi connectivity index (χ3n) is 2.94. The molecule has 14 heavy (non-hydrogen) atoms. The quantitative estimate of drug-likeness (QED) is 0.761. The minimum absolute atomic E-state index is 1.08. The molecule has 0 saturated carbocycles. The average molecular weight is 257 g/mol. The van der Waals surface area contributed by atoms with Crippen molar-refractivity contribution >= 4 is 15.9 Å². The van der Waals surface area contributed by atoms with E-state index in [-0.39, 0.29) is 0 Å². The van der Waals surface area contributed by atoms with Crippen LogP contribution in [0.1, 0.15) is 36.5 Å². The van der Waals surface area contributed by atoms with Crippen LogP contribution in [0.15, 0.2) is 0 Å². The molecule has 1 aromatic rings. The predicted molar refractivity (Wildman–Crippen MR) is 62.0 cm³/mol. The van der Waals surface area contributed by atoms with Crippen molar-refractivity contribution in [2.45, 2.75) is 45.6 Å². The van der Waals surface area contributed by atoms with Gasteiger partial charge in [-0.25, -0.2) is 4.98 Å². The lowest BCUT2D eigenvalue weighted by Gasteiger charge is -2.14. The Morgan fingerprint density at radius 3 is 2.93 bits per heavy atom. The Bertz CT molecular complexity index is 317. The Labute approximate surface area is 93.9 Å². The molecule has 0 aromatic carbocycles. The molecule has 1 aliphatic carbocycles. The Kier molecular flexibility index (Phi) is 3.26. The Morgan fingerprint density at radius 1 is 1.36 bits per heavy atom. The molecule has 0 saturated heterocycles. The molecule has 1 heterocycles. The number of hydrogen-bond acceptors (Lipinski definition) is 1. The summed E-state index contributed by atoms with van der Waals surface area (Å²) in [7, 11) is 0. The number of halogens is 1. The van der Waals surface area contributed by atoms with Crippen LogP contribution in [0.5, 0.6) is 0 Å². The van der Waals surface area contributed by atoms with Crippen LogP contribution < -0.4 is 0 Å². The van der Waals surface area contributed by atoms with E-state index in [0.717, 1.165) is 11.9 Å². The van der Waals surface area contributed by atoms with Gasteiger partial charge in [0.2, 0.25) is 0 Å². The van der Waals surface area contributed by atoms with Gasteiger partial charge in [-0.2, -0.15) is 0 Å². The summed E-state index contributed by atoms with van der Waals surface area (Å²) in [5.41, 5.74) is 2.87. The van der Waals surface area contributed by atoms with Gasteiger partial charge >= 0.3 is 0 Å². The average Bonchev–Trinajstić information content (AvgIpc) is 2.51. The summed E-state index contributed by atoms with van der Waals surface area (Å²) in [5, 5.41) is 1.08. The largest absolute Gasteiger partial charge is 0.332 e. The number of alkyl halides is 1. The van der Waals surface area contributed by atoms with Crippen LogP contribution >= 0.6 is 15.9 Å². The van der Waals surface area contributed by atoms with E-state index in [9.17, 15) is 0 Å². The fraction of sp³-hybridized carbons (Fsp3) is 0.727. The molecule has 0 unspecified atom stereocenters. The molecule has 78 valence electrons. The molecule has 0 aliphatic heterocycles. The van der Waals surface area contributed by atoms with Gasteiger partial charge in [0.25, 0.3) is 0 Å². The molecule has 1 aliphatic rings. The minimum Gasteiger partial charge on any atom is -0.332 e. The monoisotopic (exact) mass is 256 g/mol. The molecule has 0 radical (unpaired) electrons. The van der Waals surface area contributed by atoms with Gasteiger partial charge in [0.05, 0.1) is 5.69 Å². The van der Waals surface area contributed by atoms with Gasteiger partial charge in [0.1, 0.15) is 5.82 Å². The van der Waals surface area contributed by atoms with Crippen molar-refractivity contribution in [2.75, 3.05) is 5.33 Å². The molecule has 0 fully saturated rings. The third-order valence-corrected chi connectivity index (χ3v) is 3.50. The van der Waals surface area contributed by atoms with Gasteiger partial charge < -0.3 is 4.57 Å². The lowest BCUT2D eigenvalue weighted by atomic mass is 10.0. The second-order valence-electron chi connectivity index (χ2n) is 3.95. The first-order valence-corrected chi connectivity index (χ1v) is 6.56. The van der Waals surface area contributed by atoms with Gasteiger partial charge in [-0.3, -0.25) is 0 Å². The Balaban J connectivity index is 2.24. The van der Waals surface area contributed by atoms with E-state index >= 15 is 0 Å². The number of rotatable bonds is 3. The number of nitrogens with zero attached hydrogens (tertiary/aromatic N) is 2. The third kappa shape index (κ3) is 1.88. The van der Waals surface area contributed by atoms with E-state index in [2.05, 4.69) is 32.4 Å². The Morgan fingerprint density at radius 2 is 2.14 bits per heavy atom. The van der Waals surface area contributed by atoms with E-state index in [4.69, 9.17) is 0 Å². The van der Waals surface area contributed by atoms with Gasteiger partial charge in [-0.05, 0) is 39.0 Å². The molecule has 0 spiro atoms. The Hall–Kier alpha value is -0.310. The summed E-state index contributed by atoms with van der Waals surface area (Å²) in [6, 6.07) is 0.